The van der Waals surface area contributed by atoms with Gasteiger partial charge >= 0.3 is 6.03 Å². The molecular weight excluding hydrogens is 398 g/mol. The van der Waals surface area contributed by atoms with E-state index in [2.05, 4.69) is 4.98 Å². The van der Waals surface area contributed by atoms with Crippen molar-refractivity contribution in [3.63, 3.8) is 0 Å². The maximum atomic E-state index is 13.8. The van der Waals surface area contributed by atoms with Crippen molar-refractivity contribution in [2.75, 3.05) is 31.8 Å². The maximum absolute atomic E-state index is 13.8. The van der Waals surface area contributed by atoms with Gasteiger partial charge in [0.25, 0.3) is 5.91 Å². The summed E-state index contributed by atoms with van der Waals surface area (Å²) in [4.78, 5) is 33.6. The number of imide groups is 1. The van der Waals surface area contributed by atoms with Crippen LogP contribution >= 0.6 is 0 Å². The second-order valence-electron chi connectivity index (χ2n) is 8.09. The number of urea groups is 1. The fourth-order valence-corrected chi connectivity index (χ4v) is 4.99. The number of H-pyrrole nitrogens is 1. The maximum Gasteiger partial charge on any atom is 0.332 e. The van der Waals surface area contributed by atoms with Crippen LogP contribution in [0.1, 0.15) is 18.2 Å². The van der Waals surface area contributed by atoms with E-state index < -0.39 is 5.54 Å². The molecule has 0 radical (unpaired) electrons. The molecule has 0 aliphatic carbocycles. The number of benzene rings is 2. The van der Waals surface area contributed by atoms with Gasteiger partial charge in [0.2, 0.25) is 0 Å². The molecule has 8 nitrogen and oxygen atoms in total. The van der Waals surface area contributed by atoms with E-state index in [-0.39, 0.29) is 11.9 Å². The third-order valence-corrected chi connectivity index (χ3v) is 6.55. The lowest BCUT2D eigenvalue weighted by Crippen LogP contribution is -2.49. The number of nitrogens with zero attached hydrogens (tertiary/aromatic N) is 2. The number of aromatic amines is 1. The van der Waals surface area contributed by atoms with Gasteiger partial charge in [0.1, 0.15) is 19.0 Å². The van der Waals surface area contributed by atoms with E-state index in [0.717, 1.165) is 27.9 Å². The number of hydrogen-bond acceptors (Lipinski definition) is 5. The van der Waals surface area contributed by atoms with Gasteiger partial charge in [-0.1, -0.05) is 6.07 Å². The molecule has 4 heterocycles. The van der Waals surface area contributed by atoms with Crippen LogP contribution in [0.2, 0.25) is 0 Å². The molecule has 1 aromatic heterocycles. The van der Waals surface area contributed by atoms with Gasteiger partial charge in [-0.3, -0.25) is 4.79 Å². The Balaban J connectivity index is 1.51. The molecule has 6 rings (SSSR count). The van der Waals surface area contributed by atoms with Gasteiger partial charge in [-0.25, -0.2) is 9.69 Å². The van der Waals surface area contributed by atoms with E-state index in [1.807, 2.05) is 25.1 Å². The Morgan fingerprint density at radius 2 is 1.97 bits per heavy atom. The number of methoxy groups -OCH3 is 1. The summed E-state index contributed by atoms with van der Waals surface area (Å²) in [5.41, 5.74) is 2.01. The third kappa shape index (κ3) is 2.24. The quantitative estimate of drug-likeness (QED) is 0.645. The first-order chi connectivity index (χ1) is 15.0. The molecule has 3 aliphatic rings. The Kier molecular flexibility index (Phi) is 3.60. The summed E-state index contributed by atoms with van der Waals surface area (Å²) in [5.74, 6) is 1.42. The summed E-state index contributed by atoms with van der Waals surface area (Å²) in [6.45, 7) is 3.06. The van der Waals surface area contributed by atoms with E-state index in [1.54, 1.807) is 30.2 Å². The highest BCUT2D eigenvalue weighted by Crippen LogP contribution is 2.48. The molecule has 3 aromatic rings. The van der Waals surface area contributed by atoms with Crippen LogP contribution < -0.4 is 19.1 Å². The molecule has 158 valence electrons. The molecule has 1 fully saturated rings. The summed E-state index contributed by atoms with van der Waals surface area (Å²) in [7, 11) is 1.63. The van der Waals surface area contributed by atoms with Crippen LogP contribution in [0.25, 0.3) is 10.9 Å². The fraction of sp³-hybridized carbons (Fsp3) is 0.304. The molecule has 0 bridgehead atoms. The Hall–Kier alpha value is -3.68. The van der Waals surface area contributed by atoms with Crippen LogP contribution in [0.15, 0.2) is 36.4 Å². The number of carbonyl (C=O) groups is 2. The first-order valence-corrected chi connectivity index (χ1v) is 10.3. The van der Waals surface area contributed by atoms with Crippen LogP contribution in [0.5, 0.6) is 17.2 Å². The molecule has 1 N–H and O–H groups in total. The Morgan fingerprint density at radius 1 is 1.13 bits per heavy atom. The van der Waals surface area contributed by atoms with Crippen molar-refractivity contribution in [3.8, 4) is 17.2 Å². The average Bonchev–Trinajstić information content (AvgIpc) is 3.26. The molecule has 8 heteroatoms. The van der Waals surface area contributed by atoms with E-state index >= 15 is 0 Å². The lowest BCUT2D eigenvalue weighted by molar-refractivity contribution is -0.125. The minimum absolute atomic E-state index is 0.306. The summed E-state index contributed by atoms with van der Waals surface area (Å²) in [6, 6.07) is 10.7. The van der Waals surface area contributed by atoms with E-state index in [9.17, 15) is 9.59 Å². The Labute approximate surface area is 178 Å². The number of aromatic nitrogens is 1. The molecule has 1 unspecified atom stereocenters. The molecule has 0 spiro atoms. The van der Waals surface area contributed by atoms with Crippen LogP contribution in [0.3, 0.4) is 0 Å². The number of hydrogen-bond donors (Lipinski definition) is 1. The summed E-state index contributed by atoms with van der Waals surface area (Å²) in [6.07, 6.45) is 0.650. The van der Waals surface area contributed by atoms with Crippen molar-refractivity contribution in [1.29, 1.82) is 0 Å². The van der Waals surface area contributed by atoms with Gasteiger partial charge in [-0.15, -0.1) is 0 Å². The summed E-state index contributed by atoms with van der Waals surface area (Å²) < 4.78 is 16.8. The van der Waals surface area contributed by atoms with Gasteiger partial charge in [0.05, 0.1) is 18.5 Å². The number of para-hydroxylation sites is 1. The number of ether oxygens (including phenoxy) is 3. The number of fused-ring (bicyclic) bond motifs is 6. The van der Waals surface area contributed by atoms with Gasteiger partial charge in [-0.05, 0) is 49.2 Å². The molecule has 3 aliphatic heterocycles. The van der Waals surface area contributed by atoms with E-state index in [4.69, 9.17) is 14.2 Å². The van der Waals surface area contributed by atoms with Crippen molar-refractivity contribution in [3.05, 3.63) is 47.7 Å². The third-order valence-electron chi connectivity index (χ3n) is 6.55. The van der Waals surface area contributed by atoms with Gasteiger partial charge in [-0.2, -0.15) is 0 Å². The number of amides is 3. The SMILES string of the molecule is COc1ccc2[nH]c3c(c2c1)CCN1C(=O)N(c2cccc4c2OCCO4)C(=O)C31C. The molecule has 3 amide bonds. The minimum atomic E-state index is -1.13. The van der Waals surface area contributed by atoms with Gasteiger partial charge in [0, 0.05) is 17.4 Å². The second kappa shape index (κ2) is 6.16. The number of carbonyl (C=O) groups excluding carboxylic acids is 2. The molecule has 2 aromatic carbocycles. The van der Waals surface area contributed by atoms with Crippen LogP contribution in [-0.4, -0.2) is 48.7 Å². The highest BCUT2D eigenvalue weighted by molar-refractivity contribution is 6.24. The zero-order valence-electron chi connectivity index (χ0n) is 17.2. The summed E-state index contributed by atoms with van der Waals surface area (Å²) >= 11 is 0. The normalized spacial score (nSPS) is 22.0. The van der Waals surface area contributed by atoms with Crippen LogP contribution in [-0.2, 0) is 16.8 Å². The zero-order valence-corrected chi connectivity index (χ0v) is 17.2. The van der Waals surface area contributed by atoms with Crippen molar-refractivity contribution < 1.29 is 23.8 Å². The molecule has 1 atom stereocenters. The first kappa shape index (κ1) is 18.1. The largest absolute Gasteiger partial charge is 0.497 e. The lowest BCUT2D eigenvalue weighted by atomic mass is 9.87. The fourth-order valence-electron chi connectivity index (χ4n) is 4.99. The molecule has 1 saturated heterocycles. The van der Waals surface area contributed by atoms with Crippen molar-refractivity contribution in [1.82, 2.24) is 9.88 Å². The van der Waals surface area contributed by atoms with Crippen molar-refractivity contribution >= 4 is 28.5 Å². The molecular formula is C23H21N3O5. The van der Waals surface area contributed by atoms with Crippen LogP contribution in [0, 0.1) is 0 Å². The average molecular weight is 419 g/mol. The van der Waals surface area contributed by atoms with Crippen LogP contribution in [0.4, 0.5) is 10.5 Å². The topological polar surface area (TPSA) is 84.1 Å². The monoisotopic (exact) mass is 419 g/mol. The van der Waals surface area contributed by atoms with Gasteiger partial charge in [0.15, 0.2) is 17.0 Å². The van der Waals surface area contributed by atoms with E-state index in [0.29, 0.717) is 43.4 Å². The summed E-state index contributed by atoms with van der Waals surface area (Å²) in [5, 5.41) is 1.02. The standard InChI is InChI=1S/C23H21N3O5/c1-23-20-14(15-12-13(29-2)6-7-16(15)24-20)8-9-25(23)22(28)26(21(23)27)17-4-3-5-18-19(17)31-11-10-30-18/h3-7,12,24H,8-11H2,1-2H3. The van der Waals surface area contributed by atoms with E-state index in [1.165, 1.54) is 4.90 Å². The molecule has 31 heavy (non-hydrogen) atoms. The van der Waals surface area contributed by atoms with Crippen molar-refractivity contribution in [2.24, 2.45) is 0 Å². The van der Waals surface area contributed by atoms with Crippen molar-refractivity contribution in [2.45, 2.75) is 18.9 Å². The lowest BCUT2D eigenvalue weighted by Gasteiger charge is -2.35. The highest BCUT2D eigenvalue weighted by atomic mass is 16.6. The number of rotatable bonds is 2. The number of anilines is 1. The first-order valence-electron chi connectivity index (χ1n) is 10.3. The second-order valence-corrected chi connectivity index (χ2v) is 8.09. The zero-order chi connectivity index (χ0) is 21.3. The van der Waals surface area contributed by atoms with Gasteiger partial charge < -0.3 is 24.1 Å². The smallest absolute Gasteiger partial charge is 0.332 e. The Morgan fingerprint density at radius 3 is 2.81 bits per heavy atom. The predicted molar refractivity (Wildman–Crippen MR) is 113 cm³/mol. The highest BCUT2D eigenvalue weighted by Gasteiger charge is 2.59. The number of nitrogens with one attached hydrogen (secondary N) is 1. The molecule has 0 saturated carbocycles. The predicted octanol–water partition coefficient (Wildman–Crippen LogP) is 3.19. The minimum Gasteiger partial charge on any atom is -0.497 e. The Bertz CT molecular complexity index is 1270.